The highest BCUT2D eigenvalue weighted by Gasteiger charge is 2.09. The second-order valence-corrected chi connectivity index (χ2v) is 4.81. The predicted molar refractivity (Wildman–Crippen MR) is 79.0 cm³/mol. The molecule has 1 heterocycles. The third-order valence-electron chi connectivity index (χ3n) is 2.84. The highest BCUT2D eigenvalue weighted by molar-refractivity contribution is 6.31. The Morgan fingerprint density at radius 1 is 1.32 bits per heavy atom. The van der Waals surface area contributed by atoms with Crippen LogP contribution in [0.15, 0.2) is 42.5 Å². The molecule has 0 spiro atoms. The highest BCUT2D eigenvalue weighted by Crippen LogP contribution is 2.19. The summed E-state index contributed by atoms with van der Waals surface area (Å²) in [6, 6.07) is 11.1. The normalized spacial score (nSPS) is 10.6. The van der Waals surface area contributed by atoms with Gasteiger partial charge in [-0.1, -0.05) is 28.6 Å². The van der Waals surface area contributed by atoms with Crippen LogP contribution in [0.5, 0.6) is 0 Å². The molecule has 0 radical (unpaired) electrons. The molecule has 0 aliphatic heterocycles. The third kappa shape index (κ3) is 2.99. The lowest BCUT2D eigenvalue weighted by Gasteiger charge is -2.07. The topological polar surface area (TPSA) is 69.0 Å². The number of carbonyl (C=O) groups excluding carboxylic acids is 1. The number of carbonyl (C=O) groups is 1. The molecule has 112 valence electrons. The van der Waals surface area contributed by atoms with Gasteiger partial charge in [0.15, 0.2) is 6.61 Å². The molecule has 3 rings (SSSR count). The molecule has 0 saturated carbocycles. The molecule has 0 atom stereocenters. The van der Waals surface area contributed by atoms with Crippen LogP contribution in [-0.4, -0.2) is 27.7 Å². The fraction of sp³-hybridized carbons (Fsp3) is 0.0714. The van der Waals surface area contributed by atoms with Crippen LogP contribution in [-0.2, 0) is 4.79 Å². The summed E-state index contributed by atoms with van der Waals surface area (Å²) in [4.78, 5) is 18.2. The maximum absolute atomic E-state index is 13.0. The SMILES string of the molecule is O=C(COn1nnc2ccccc21)Nc1ccc(F)c(Cl)c1. The van der Waals surface area contributed by atoms with E-state index in [1.54, 1.807) is 12.1 Å². The molecule has 0 aliphatic rings. The average molecular weight is 321 g/mol. The first kappa shape index (κ1) is 14.3. The minimum Gasteiger partial charge on any atom is -0.385 e. The number of hydrogen-bond acceptors (Lipinski definition) is 4. The van der Waals surface area contributed by atoms with Gasteiger partial charge in [-0.15, -0.1) is 5.10 Å². The quantitative estimate of drug-likeness (QED) is 0.801. The Kier molecular flexibility index (Phi) is 3.88. The Hall–Kier alpha value is -2.67. The number of nitrogens with zero attached hydrogens (tertiary/aromatic N) is 3. The molecule has 22 heavy (non-hydrogen) atoms. The zero-order chi connectivity index (χ0) is 15.5. The summed E-state index contributed by atoms with van der Waals surface area (Å²) < 4.78 is 13.0. The molecule has 0 saturated heterocycles. The zero-order valence-electron chi connectivity index (χ0n) is 11.2. The van der Waals surface area contributed by atoms with E-state index in [1.165, 1.54) is 23.0 Å². The standard InChI is InChI=1S/C14H10ClFN4O2/c15-10-7-9(5-6-11(10)16)17-14(21)8-22-20-13-4-2-1-3-12(13)18-19-20/h1-7H,8H2,(H,17,21). The number of fused-ring (bicyclic) bond motifs is 1. The second kappa shape index (κ2) is 5.98. The maximum Gasteiger partial charge on any atom is 0.265 e. The fourth-order valence-corrected chi connectivity index (χ4v) is 2.01. The summed E-state index contributed by atoms with van der Waals surface area (Å²) in [7, 11) is 0. The van der Waals surface area contributed by atoms with Crippen molar-refractivity contribution in [3.63, 3.8) is 0 Å². The number of hydrogen-bond donors (Lipinski definition) is 1. The van der Waals surface area contributed by atoms with Crippen LogP contribution in [0.25, 0.3) is 11.0 Å². The van der Waals surface area contributed by atoms with E-state index in [-0.39, 0.29) is 11.6 Å². The van der Waals surface area contributed by atoms with Crippen LogP contribution >= 0.6 is 11.6 Å². The smallest absolute Gasteiger partial charge is 0.265 e. The lowest BCUT2D eigenvalue weighted by Crippen LogP contribution is -2.26. The number of halogens is 2. The molecular formula is C14H10ClFN4O2. The van der Waals surface area contributed by atoms with E-state index in [2.05, 4.69) is 15.6 Å². The van der Waals surface area contributed by atoms with Gasteiger partial charge in [0.1, 0.15) is 16.9 Å². The molecule has 0 bridgehead atoms. The van der Waals surface area contributed by atoms with E-state index in [0.29, 0.717) is 16.7 Å². The summed E-state index contributed by atoms with van der Waals surface area (Å²) in [6.45, 7) is -0.275. The van der Waals surface area contributed by atoms with Crippen molar-refractivity contribution in [1.29, 1.82) is 0 Å². The van der Waals surface area contributed by atoms with Crippen molar-refractivity contribution in [2.75, 3.05) is 11.9 Å². The van der Waals surface area contributed by atoms with Gasteiger partial charge in [0, 0.05) is 5.69 Å². The molecule has 1 amide bonds. The third-order valence-corrected chi connectivity index (χ3v) is 3.13. The van der Waals surface area contributed by atoms with Crippen LogP contribution in [0, 0.1) is 5.82 Å². The van der Waals surface area contributed by atoms with Crippen molar-refractivity contribution in [3.8, 4) is 0 Å². The second-order valence-electron chi connectivity index (χ2n) is 4.40. The van der Waals surface area contributed by atoms with E-state index in [0.717, 1.165) is 0 Å². The fourth-order valence-electron chi connectivity index (χ4n) is 1.83. The predicted octanol–water partition coefficient (Wildman–Crippen LogP) is 2.29. The van der Waals surface area contributed by atoms with Crippen LogP contribution in [0.3, 0.4) is 0 Å². The molecule has 0 fully saturated rings. The molecule has 3 aromatic rings. The highest BCUT2D eigenvalue weighted by atomic mass is 35.5. The maximum atomic E-state index is 13.0. The Bertz CT molecular complexity index is 837. The lowest BCUT2D eigenvalue weighted by molar-refractivity contribution is -0.121. The van der Waals surface area contributed by atoms with Crippen molar-refractivity contribution in [2.24, 2.45) is 0 Å². The van der Waals surface area contributed by atoms with Crippen molar-refractivity contribution in [1.82, 2.24) is 15.2 Å². The largest absolute Gasteiger partial charge is 0.385 e. The van der Waals surface area contributed by atoms with E-state index in [9.17, 15) is 9.18 Å². The van der Waals surface area contributed by atoms with E-state index in [1.807, 2.05) is 12.1 Å². The molecule has 0 aliphatic carbocycles. The summed E-state index contributed by atoms with van der Waals surface area (Å²) in [5, 5.41) is 10.2. The van der Waals surface area contributed by atoms with Gasteiger partial charge >= 0.3 is 0 Å². The average Bonchev–Trinajstić information content (AvgIpc) is 2.92. The van der Waals surface area contributed by atoms with Crippen molar-refractivity contribution < 1.29 is 14.0 Å². The molecule has 1 aromatic heterocycles. The summed E-state index contributed by atoms with van der Waals surface area (Å²) in [6.07, 6.45) is 0. The molecule has 8 heteroatoms. The Labute approximate surface area is 129 Å². The van der Waals surface area contributed by atoms with Crippen LogP contribution in [0.1, 0.15) is 0 Å². The molecule has 0 unspecified atom stereocenters. The molecule has 6 nitrogen and oxygen atoms in total. The minimum atomic E-state index is -0.551. The molecule has 1 N–H and O–H groups in total. The Balaban J connectivity index is 1.63. The Morgan fingerprint density at radius 2 is 2.14 bits per heavy atom. The first-order valence-electron chi connectivity index (χ1n) is 6.32. The van der Waals surface area contributed by atoms with Crippen molar-refractivity contribution in [2.45, 2.75) is 0 Å². The van der Waals surface area contributed by atoms with Gasteiger partial charge in [-0.25, -0.2) is 4.39 Å². The van der Waals surface area contributed by atoms with Gasteiger partial charge in [0.25, 0.3) is 5.91 Å². The number of amides is 1. The number of benzene rings is 2. The first-order chi connectivity index (χ1) is 10.6. The van der Waals surface area contributed by atoms with Crippen molar-refractivity contribution >= 4 is 34.2 Å². The molecule has 2 aromatic carbocycles. The van der Waals surface area contributed by atoms with Gasteiger partial charge in [0.05, 0.1) is 5.02 Å². The number of anilines is 1. The summed E-state index contributed by atoms with van der Waals surface area (Å²) in [5.41, 5.74) is 1.69. The van der Waals surface area contributed by atoms with E-state index < -0.39 is 11.7 Å². The lowest BCUT2D eigenvalue weighted by atomic mass is 10.3. The van der Waals surface area contributed by atoms with Crippen LogP contribution in [0.4, 0.5) is 10.1 Å². The first-order valence-corrected chi connectivity index (χ1v) is 6.70. The van der Waals surface area contributed by atoms with Crippen LogP contribution < -0.4 is 10.2 Å². The number of para-hydroxylation sites is 1. The Morgan fingerprint density at radius 3 is 2.95 bits per heavy atom. The van der Waals surface area contributed by atoms with Crippen LogP contribution in [0.2, 0.25) is 5.02 Å². The van der Waals surface area contributed by atoms with Gasteiger partial charge < -0.3 is 10.2 Å². The van der Waals surface area contributed by atoms with E-state index >= 15 is 0 Å². The zero-order valence-corrected chi connectivity index (χ0v) is 11.9. The molecular weight excluding hydrogens is 311 g/mol. The minimum absolute atomic E-state index is 0.0685. The van der Waals surface area contributed by atoms with Gasteiger partial charge in [0.2, 0.25) is 0 Å². The van der Waals surface area contributed by atoms with Crippen molar-refractivity contribution in [3.05, 3.63) is 53.3 Å². The number of rotatable bonds is 4. The van der Waals surface area contributed by atoms with Gasteiger partial charge in [-0.2, -0.15) is 0 Å². The van der Waals surface area contributed by atoms with Gasteiger partial charge in [-0.3, -0.25) is 4.79 Å². The number of aromatic nitrogens is 3. The summed E-state index contributed by atoms with van der Waals surface area (Å²) >= 11 is 5.64. The van der Waals surface area contributed by atoms with Gasteiger partial charge in [-0.05, 0) is 35.5 Å². The van der Waals surface area contributed by atoms with E-state index in [4.69, 9.17) is 16.4 Å². The number of nitrogens with one attached hydrogen (secondary N) is 1. The summed E-state index contributed by atoms with van der Waals surface area (Å²) in [5.74, 6) is -0.979. The monoisotopic (exact) mass is 320 g/mol.